The Morgan fingerprint density at radius 1 is 0.518 bits per heavy atom. The summed E-state index contributed by atoms with van der Waals surface area (Å²) in [5.74, 6) is 6.11. The maximum absolute atomic E-state index is 11.0. The standard InChI is InChI=1S/C42H64N2.C9H12O2.Ni/c1-3-5-7-8-9-10-11-12-13-14-15-16-17-18-19-20-21-22-23-24-25-32-38-42(44-40-35-30-27-31-36-40)41(37-6-4-2)43-39-33-28-26-29-34-39;1-3-7-4-5-8(10)9(11)6(7)2;/h26-31,33-36H,3-25,37H2,1-2H3;4-5,10-11H,3H2,1-2H3;/q;;+2/p-2. The molecule has 0 saturated carbocycles. The summed E-state index contributed by atoms with van der Waals surface area (Å²) in [5, 5.41) is 21.8. The van der Waals surface area contributed by atoms with Crippen molar-refractivity contribution in [3.8, 4) is 23.3 Å². The monoisotopic (exact) mass is 805 g/mol. The summed E-state index contributed by atoms with van der Waals surface area (Å²) in [5.41, 5.74) is 5.29. The molecule has 0 atom stereocenters. The molecule has 0 N–H and O–H groups in total. The average molecular weight is 806 g/mol. The fourth-order valence-corrected chi connectivity index (χ4v) is 6.73. The van der Waals surface area contributed by atoms with Crippen molar-refractivity contribution < 1.29 is 26.7 Å². The molecule has 0 amide bonds. The molecule has 0 bridgehead atoms. The second-order valence-electron chi connectivity index (χ2n) is 15.1. The Bertz CT molecular complexity index is 1510. The smallest absolute Gasteiger partial charge is 0.873 e. The third-order valence-electron chi connectivity index (χ3n) is 10.3. The number of nitrogens with zero attached hydrogens (tertiary/aromatic N) is 2. The molecule has 310 valence electrons. The van der Waals surface area contributed by atoms with Crippen LogP contribution in [0.15, 0.2) is 82.8 Å². The molecule has 3 aromatic carbocycles. The van der Waals surface area contributed by atoms with E-state index in [0.29, 0.717) is 5.56 Å². The van der Waals surface area contributed by atoms with Gasteiger partial charge < -0.3 is 10.2 Å². The average Bonchev–Trinajstić information content (AvgIpc) is 3.21. The predicted octanol–water partition coefficient (Wildman–Crippen LogP) is 14.6. The van der Waals surface area contributed by atoms with E-state index in [4.69, 9.17) is 9.98 Å². The van der Waals surface area contributed by atoms with Gasteiger partial charge in [-0.2, -0.15) is 0 Å². The second-order valence-corrected chi connectivity index (χ2v) is 15.1. The maximum atomic E-state index is 11.0. The first-order chi connectivity index (χ1) is 27.0. The number of aliphatic imine (C=N–C) groups is 2. The molecule has 56 heavy (non-hydrogen) atoms. The zero-order valence-electron chi connectivity index (χ0n) is 35.6. The predicted molar refractivity (Wildman–Crippen MR) is 236 cm³/mol. The molecule has 0 aromatic heterocycles. The first kappa shape index (κ1) is 50.7. The molecule has 0 saturated heterocycles. The molecule has 0 heterocycles. The van der Waals surface area contributed by atoms with Gasteiger partial charge in [0, 0.05) is 6.42 Å². The molecule has 0 aliphatic rings. The normalized spacial score (nSPS) is 11.3. The summed E-state index contributed by atoms with van der Waals surface area (Å²) in [7, 11) is 0. The Labute approximate surface area is 353 Å². The molecule has 3 aromatic rings. The Balaban J connectivity index is 0.00000112. The van der Waals surface area contributed by atoms with Gasteiger partial charge in [-0.3, -0.25) is 4.99 Å². The summed E-state index contributed by atoms with van der Waals surface area (Å²) < 4.78 is 0. The minimum absolute atomic E-state index is 0. The van der Waals surface area contributed by atoms with Gasteiger partial charge in [-0.15, -0.1) is 11.5 Å². The van der Waals surface area contributed by atoms with Crippen LogP contribution in [0.4, 0.5) is 11.4 Å². The number of hydrogen-bond donors (Lipinski definition) is 0. The Kier molecular flexibility index (Phi) is 31.5. The molecular formula is C51H74N2NiO2. The van der Waals surface area contributed by atoms with Gasteiger partial charge in [0.05, 0.1) is 17.1 Å². The fraction of sp³-hybridized carbons (Fsp3) is 0.569. The van der Waals surface area contributed by atoms with Crippen LogP contribution in [0.5, 0.6) is 11.5 Å². The number of rotatable bonds is 27. The summed E-state index contributed by atoms with van der Waals surface area (Å²) in [6, 6.07) is 23.5. The minimum atomic E-state index is -0.403. The van der Waals surface area contributed by atoms with E-state index in [1.54, 1.807) is 13.0 Å². The molecule has 5 heteroatoms. The van der Waals surface area contributed by atoms with Crippen LogP contribution < -0.4 is 10.2 Å². The third kappa shape index (κ3) is 24.3. The van der Waals surface area contributed by atoms with Gasteiger partial charge in [0.1, 0.15) is 5.71 Å². The van der Waals surface area contributed by atoms with Gasteiger partial charge in [0.2, 0.25) is 0 Å². The molecule has 0 aliphatic carbocycles. The summed E-state index contributed by atoms with van der Waals surface area (Å²) in [6.07, 6.45) is 33.0. The summed E-state index contributed by atoms with van der Waals surface area (Å²) in [4.78, 5) is 9.93. The van der Waals surface area contributed by atoms with Crippen molar-refractivity contribution in [2.45, 2.75) is 188 Å². The van der Waals surface area contributed by atoms with E-state index < -0.39 is 5.75 Å². The molecule has 0 spiro atoms. The number of unbranched alkanes of at least 4 members (excludes halogenated alkanes) is 21. The maximum Gasteiger partial charge on any atom is 2.00 e. The van der Waals surface area contributed by atoms with E-state index in [-0.39, 0.29) is 22.2 Å². The van der Waals surface area contributed by atoms with Crippen molar-refractivity contribution in [3.05, 3.63) is 83.9 Å². The molecule has 0 unspecified atom stereocenters. The van der Waals surface area contributed by atoms with E-state index in [9.17, 15) is 10.2 Å². The van der Waals surface area contributed by atoms with E-state index in [2.05, 4.69) is 37.8 Å². The third-order valence-corrected chi connectivity index (χ3v) is 10.3. The Morgan fingerprint density at radius 2 is 0.946 bits per heavy atom. The van der Waals surface area contributed by atoms with E-state index in [1.165, 1.54) is 134 Å². The van der Waals surface area contributed by atoms with E-state index >= 15 is 0 Å². The van der Waals surface area contributed by atoms with Crippen LogP contribution in [0.3, 0.4) is 0 Å². The largest absolute Gasteiger partial charge is 2.00 e. The van der Waals surface area contributed by atoms with Crippen LogP contribution >= 0.6 is 0 Å². The SMILES string of the molecule is CCCCCCCCCCCCCCCCCCCCCCC#CC(=Nc1ccccc1)C(CCCC)=Nc1ccccc1.CCc1ccc([O-])c([O-])c1C.[Ni+2]. The first-order valence-electron chi connectivity index (χ1n) is 22.2. The zero-order chi connectivity index (χ0) is 39.6. The van der Waals surface area contributed by atoms with Crippen molar-refractivity contribution in [1.82, 2.24) is 0 Å². The Hall–Kier alpha value is -3.35. The number of aryl methyl sites for hydroxylation is 1. The van der Waals surface area contributed by atoms with Gasteiger partial charge in [-0.1, -0.05) is 209 Å². The van der Waals surface area contributed by atoms with Crippen molar-refractivity contribution in [1.29, 1.82) is 0 Å². The Morgan fingerprint density at radius 3 is 1.39 bits per heavy atom. The van der Waals surface area contributed by atoms with Crippen LogP contribution in [0.1, 0.15) is 186 Å². The quantitative estimate of drug-likeness (QED) is 0.0333. The minimum Gasteiger partial charge on any atom is -0.873 e. The van der Waals surface area contributed by atoms with Crippen molar-refractivity contribution in [3.63, 3.8) is 0 Å². The van der Waals surface area contributed by atoms with Crippen molar-refractivity contribution in [2.24, 2.45) is 9.98 Å². The van der Waals surface area contributed by atoms with Crippen LogP contribution in [0.2, 0.25) is 0 Å². The molecule has 0 aliphatic heterocycles. The molecular weight excluding hydrogens is 731 g/mol. The number of benzene rings is 3. The first-order valence-corrected chi connectivity index (χ1v) is 22.2. The summed E-state index contributed by atoms with van der Waals surface area (Å²) in [6.45, 7) is 8.18. The van der Waals surface area contributed by atoms with Crippen molar-refractivity contribution in [2.75, 3.05) is 0 Å². The van der Waals surface area contributed by atoms with Crippen molar-refractivity contribution >= 4 is 22.8 Å². The van der Waals surface area contributed by atoms with E-state index in [1.807, 2.05) is 55.5 Å². The van der Waals surface area contributed by atoms with Gasteiger partial charge in [-0.25, -0.2) is 4.99 Å². The molecule has 4 nitrogen and oxygen atoms in total. The summed E-state index contributed by atoms with van der Waals surface area (Å²) >= 11 is 0. The van der Waals surface area contributed by atoms with Gasteiger partial charge >= 0.3 is 16.5 Å². The zero-order valence-corrected chi connectivity index (χ0v) is 36.6. The van der Waals surface area contributed by atoms with Crippen LogP contribution in [-0.2, 0) is 22.9 Å². The van der Waals surface area contributed by atoms with Crippen LogP contribution in [0.25, 0.3) is 0 Å². The number of hydrogen-bond acceptors (Lipinski definition) is 4. The van der Waals surface area contributed by atoms with Gasteiger partial charge in [0.25, 0.3) is 0 Å². The van der Waals surface area contributed by atoms with E-state index in [0.717, 1.165) is 60.5 Å². The second kappa shape index (κ2) is 34.9. The molecule has 0 radical (unpaired) electrons. The topological polar surface area (TPSA) is 70.8 Å². The van der Waals surface area contributed by atoms with Crippen LogP contribution in [-0.4, -0.2) is 11.4 Å². The van der Waals surface area contributed by atoms with Crippen LogP contribution in [0, 0.1) is 18.8 Å². The van der Waals surface area contributed by atoms with Gasteiger partial charge in [0.15, 0.2) is 0 Å². The fourth-order valence-electron chi connectivity index (χ4n) is 6.73. The molecule has 3 rings (SSSR count). The molecule has 0 fully saturated rings. The number of para-hydroxylation sites is 2. The van der Waals surface area contributed by atoms with Gasteiger partial charge in [-0.05, 0) is 68.4 Å².